The van der Waals surface area contributed by atoms with Crippen LogP contribution in [0.5, 0.6) is 17.2 Å². The van der Waals surface area contributed by atoms with Crippen LogP contribution >= 0.6 is 0 Å². The lowest BCUT2D eigenvalue weighted by atomic mass is 10.1. The molecule has 0 amide bonds. The molecule has 0 aliphatic heterocycles. The summed E-state index contributed by atoms with van der Waals surface area (Å²) in [5.41, 5.74) is -0.618. The summed E-state index contributed by atoms with van der Waals surface area (Å²) in [6, 6.07) is 13.7. The average Bonchev–Trinajstić information content (AvgIpc) is 2.30. The summed E-state index contributed by atoms with van der Waals surface area (Å²) in [6.45, 7) is 0. The van der Waals surface area contributed by atoms with Crippen molar-refractivity contribution in [2.45, 2.75) is 0 Å². The van der Waals surface area contributed by atoms with Gasteiger partial charge in [0.15, 0.2) is 0 Å². The highest BCUT2D eigenvalue weighted by Gasteiger charge is 2.15. The second kappa shape index (κ2) is 6.15. The number of carboxylic acids is 1. The Balaban J connectivity index is 0.000000225. The molecule has 0 saturated carbocycles. The van der Waals surface area contributed by atoms with Gasteiger partial charge in [0, 0.05) is 12.1 Å². The number of phenols is 3. The monoisotopic (exact) mass is 248 g/mol. The smallest absolute Gasteiger partial charge is 0.343 e. The molecule has 0 aliphatic carbocycles. The molecule has 5 heteroatoms. The van der Waals surface area contributed by atoms with Crippen molar-refractivity contribution in [2.75, 3.05) is 0 Å². The summed E-state index contributed by atoms with van der Waals surface area (Å²) < 4.78 is 0. The molecule has 0 atom stereocenters. The topological polar surface area (TPSA) is 98.0 Å². The Morgan fingerprint density at radius 1 is 0.778 bits per heavy atom. The van der Waals surface area contributed by atoms with Crippen molar-refractivity contribution in [3.05, 3.63) is 54.1 Å². The number of benzene rings is 2. The maximum atomic E-state index is 10.4. The van der Waals surface area contributed by atoms with Crippen molar-refractivity contribution in [1.29, 1.82) is 0 Å². The Hall–Kier alpha value is -2.69. The molecule has 94 valence electrons. The summed E-state index contributed by atoms with van der Waals surface area (Å²) in [5, 5.41) is 35.1. The van der Waals surface area contributed by atoms with Gasteiger partial charge in [-0.05, 0) is 0 Å². The molecule has 4 N–H and O–H groups in total. The molecule has 0 aliphatic rings. The lowest BCUT2D eigenvalue weighted by Crippen LogP contribution is -1.96. The van der Waals surface area contributed by atoms with Crippen LogP contribution in [0.4, 0.5) is 0 Å². The molecule has 0 bridgehead atoms. The van der Waals surface area contributed by atoms with Gasteiger partial charge in [-0.25, -0.2) is 4.79 Å². The zero-order chi connectivity index (χ0) is 13.5. The van der Waals surface area contributed by atoms with E-state index in [-0.39, 0.29) is 0 Å². The first-order valence-electron chi connectivity index (χ1n) is 5.00. The van der Waals surface area contributed by atoms with Crippen molar-refractivity contribution in [3.63, 3.8) is 0 Å². The van der Waals surface area contributed by atoms with Crippen molar-refractivity contribution < 1.29 is 25.2 Å². The van der Waals surface area contributed by atoms with Crippen LogP contribution in [0.2, 0.25) is 0 Å². The van der Waals surface area contributed by atoms with Gasteiger partial charge in [0.05, 0.1) is 0 Å². The normalized spacial score (nSPS) is 9.11. The highest BCUT2D eigenvalue weighted by Crippen LogP contribution is 2.31. The Bertz CT molecular complexity index is 472. The van der Waals surface area contributed by atoms with Gasteiger partial charge in [-0.3, -0.25) is 0 Å². The molecule has 5 nitrogen and oxygen atoms in total. The highest BCUT2D eigenvalue weighted by molar-refractivity contribution is 5.94. The molecule has 0 heterocycles. The predicted octanol–water partition coefficient (Wildman–Crippen LogP) is 2.19. The Morgan fingerprint density at radius 2 is 1.11 bits per heavy atom. The van der Waals surface area contributed by atoms with Gasteiger partial charge in [0.25, 0.3) is 0 Å². The van der Waals surface area contributed by atoms with Crippen molar-refractivity contribution in [1.82, 2.24) is 0 Å². The fourth-order valence-electron chi connectivity index (χ4n) is 1.20. The molecule has 2 aromatic carbocycles. The van der Waals surface area contributed by atoms with Crippen LogP contribution in [0, 0.1) is 0 Å². The fourth-order valence-corrected chi connectivity index (χ4v) is 1.20. The number of hydrogen-bond acceptors (Lipinski definition) is 4. The van der Waals surface area contributed by atoms with E-state index in [2.05, 4.69) is 0 Å². The number of hydrogen-bond donors (Lipinski definition) is 4. The quantitative estimate of drug-likeness (QED) is 0.620. The maximum Gasteiger partial charge on any atom is 0.343 e. The molecule has 2 rings (SSSR count). The predicted molar refractivity (Wildman–Crippen MR) is 64.8 cm³/mol. The molecule has 0 fully saturated rings. The number of carbonyl (C=O) groups is 1. The zero-order valence-corrected chi connectivity index (χ0v) is 9.32. The molecule has 0 radical (unpaired) electrons. The summed E-state index contributed by atoms with van der Waals surface area (Å²) >= 11 is 0. The Labute approximate surface area is 103 Å². The van der Waals surface area contributed by atoms with Crippen molar-refractivity contribution >= 4 is 5.97 Å². The lowest BCUT2D eigenvalue weighted by Gasteiger charge is -2.02. The lowest BCUT2D eigenvalue weighted by molar-refractivity contribution is 0.0690. The fraction of sp³-hybridized carbons (Fsp3) is 0. The highest BCUT2D eigenvalue weighted by atomic mass is 16.4. The van der Waals surface area contributed by atoms with Gasteiger partial charge in [0.2, 0.25) is 0 Å². The average molecular weight is 248 g/mol. The first-order valence-corrected chi connectivity index (χ1v) is 5.00. The first kappa shape index (κ1) is 13.4. The number of phenolic OH excluding ortho intramolecular Hbond substituents is 1. The van der Waals surface area contributed by atoms with Gasteiger partial charge in [-0.2, -0.15) is 0 Å². The SMILES string of the molecule is O=C(O)c1c(O)cc(O)cc1O.c1ccccc1. The minimum atomic E-state index is -1.45. The van der Waals surface area contributed by atoms with Crippen LogP contribution < -0.4 is 0 Å². The first-order chi connectivity index (χ1) is 8.52. The van der Waals surface area contributed by atoms with E-state index in [1.165, 1.54) is 0 Å². The number of aromatic carboxylic acids is 1. The summed E-state index contributed by atoms with van der Waals surface area (Å²) in [6.07, 6.45) is 0. The largest absolute Gasteiger partial charge is 0.508 e. The molecular weight excluding hydrogens is 236 g/mol. The van der Waals surface area contributed by atoms with Gasteiger partial charge >= 0.3 is 5.97 Å². The van der Waals surface area contributed by atoms with E-state index in [1.54, 1.807) is 0 Å². The molecule has 0 saturated heterocycles. The van der Waals surface area contributed by atoms with Gasteiger partial charge in [-0.1, -0.05) is 36.4 Å². The second-order valence-electron chi connectivity index (χ2n) is 3.32. The zero-order valence-electron chi connectivity index (χ0n) is 9.32. The molecule has 2 aromatic rings. The molecule has 0 aromatic heterocycles. The number of carboxylic acid groups (broad SMARTS) is 1. The third-order valence-corrected chi connectivity index (χ3v) is 1.96. The summed E-state index contributed by atoms with van der Waals surface area (Å²) in [5.74, 6) is -3.18. The number of rotatable bonds is 1. The van der Waals surface area contributed by atoms with E-state index >= 15 is 0 Å². The van der Waals surface area contributed by atoms with Gasteiger partial charge < -0.3 is 20.4 Å². The molecule has 0 spiro atoms. The number of aromatic hydroxyl groups is 3. The summed E-state index contributed by atoms with van der Waals surface area (Å²) in [7, 11) is 0. The maximum absolute atomic E-state index is 10.4. The van der Waals surface area contributed by atoms with E-state index in [1.807, 2.05) is 36.4 Å². The third-order valence-electron chi connectivity index (χ3n) is 1.96. The van der Waals surface area contributed by atoms with Crippen LogP contribution in [0.15, 0.2) is 48.5 Å². The van der Waals surface area contributed by atoms with Crippen LogP contribution in [0.1, 0.15) is 10.4 Å². The van der Waals surface area contributed by atoms with E-state index in [0.717, 1.165) is 12.1 Å². The Kier molecular flexibility index (Phi) is 4.57. The van der Waals surface area contributed by atoms with E-state index in [9.17, 15) is 4.79 Å². The van der Waals surface area contributed by atoms with Gasteiger partial charge in [-0.15, -0.1) is 0 Å². The van der Waals surface area contributed by atoms with Crippen molar-refractivity contribution in [2.24, 2.45) is 0 Å². The minimum Gasteiger partial charge on any atom is -0.508 e. The standard InChI is InChI=1S/C7H6O5.C6H6/c8-3-1-4(9)6(7(11)12)5(10)2-3;1-2-4-6-5-3-1/h1-2,8-10H,(H,11,12);1-6H. The molecule has 18 heavy (non-hydrogen) atoms. The molecular formula is C13H12O5. The van der Waals surface area contributed by atoms with Crippen molar-refractivity contribution in [3.8, 4) is 17.2 Å². The van der Waals surface area contributed by atoms with Crippen LogP contribution in [-0.4, -0.2) is 26.4 Å². The van der Waals surface area contributed by atoms with E-state index in [0.29, 0.717) is 0 Å². The minimum absolute atomic E-state index is 0.394. The van der Waals surface area contributed by atoms with Crippen LogP contribution in [0.25, 0.3) is 0 Å². The Morgan fingerprint density at radius 3 is 1.39 bits per heavy atom. The summed E-state index contributed by atoms with van der Waals surface area (Å²) in [4.78, 5) is 10.4. The second-order valence-corrected chi connectivity index (χ2v) is 3.32. The van der Waals surface area contributed by atoms with Crippen LogP contribution in [-0.2, 0) is 0 Å². The van der Waals surface area contributed by atoms with E-state index < -0.39 is 28.8 Å². The van der Waals surface area contributed by atoms with Crippen LogP contribution in [0.3, 0.4) is 0 Å². The van der Waals surface area contributed by atoms with Gasteiger partial charge in [0.1, 0.15) is 22.8 Å². The van der Waals surface area contributed by atoms with E-state index in [4.69, 9.17) is 20.4 Å². The molecule has 0 unspecified atom stereocenters. The third kappa shape index (κ3) is 3.71.